The van der Waals surface area contributed by atoms with E-state index in [1.165, 1.54) is 38.5 Å². The van der Waals surface area contributed by atoms with Crippen LogP contribution in [0.25, 0.3) is 0 Å². The van der Waals surface area contributed by atoms with E-state index in [0.29, 0.717) is 11.5 Å². The summed E-state index contributed by atoms with van der Waals surface area (Å²) in [5, 5.41) is 7.96. The summed E-state index contributed by atoms with van der Waals surface area (Å²) in [4.78, 5) is 0. The smallest absolute Gasteiger partial charge is 0.0559 e. The predicted molar refractivity (Wildman–Crippen MR) is 75.5 cm³/mol. The van der Waals surface area contributed by atoms with Crippen molar-refractivity contribution in [3.8, 4) is 0 Å². The second-order valence-electron chi connectivity index (χ2n) is 6.23. The Kier molecular flexibility index (Phi) is 4.81. The lowest BCUT2D eigenvalue weighted by Gasteiger charge is -2.30. The molecule has 18 heavy (non-hydrogen) atoms. The maximum absolute atomic E-state index is 4.26. The number of hydrogen-bond donors (Lipinski definition) is 1. The van der Waals surface area contributed by atoms with Crippen molar-refractivity contribution < 1.29 is 0 Å². The van der Waals surface area contributed by atoms with Gasteiger partial charge >= 0.3 is 0 Å². The van der Waals surface area contributed by atoms with Gasteiger partial charge < -0.3 is 5.32 Å². The largest absolute Gasteiger partial charge is 0.312 e. The monoisotopic (exact) mass is 249 g/mol. The molecule has 1 atom stereocenters. The molecule has 1 N–H and O–H groups in total. The van der Waals surface area contributed by atoms with Crippen molar-refractivity contribution in [3.05, 3.63) is 18.5 Å². The summed E-state index contributed by atoms with van der Waals surface area (Å²) in [7, 11) is 0. The van der Waals surface area contributed by atoms with E-state index in [1.54, 1.807) is 0 Å². The molecule has 1 aliphatic carbocycles. The van der Waals surface area contributed by atoms with Crippen LogP contribution in [0.15, 0.2) is 18.5 Å². The summed E-state index contributed by atoms with van der Waals surface area (Å²) < 4.78 is 2.01. The van der Waals surface area contributed by atoms with Crippen molar-refractivity contribution in [2.24, 2.45) is 5.41 Å². The Morgan fingerprint density at radius 3 is 2.61 bits per heavy atom. The lowest BCUT2D eigenvalue weighted by Crippen LogP contribution is -2.39. The van der Waals surface area contributed by atoms with Crippen molar-refractivity contribution in [1.82, 2.24) is 15.1 Å². The molecular weight excluding hydrogens is 222 g/mol. The molecule has 0 bridgehead atoms. The fraction of sp³-hybridized carbons (Fsp3) is 0.800. The number of aromatic nitrogens is 2. The number of nitrogens with one attached hydrogen (secondary N) is 1. The molecule has 1 aromatic rings. The number of hydrogen-bond acceptors (Lipinski definition) is 2. The van der Waals surface area contributed by atoms with Gasteiger partial charge in [0.15, 0.2) is 0 Å². The molecule has 0 amide bonds. The van der Waals surface area contributed by atoms with Gasteiger partial charge in [-0.3, -0.25) is 4.68 Å². The first-order valence-corrected chi connectivity index (χ1v) is 7.39. The summed E-state index contributed by atoms with van der Waals surface area (Å²) >= 11 is 0. The molecule has 1 heterocycles. The SMILES string of the molecule is C[C@@H](Cn1cccn1)NCC1(C)CCCCCC1. The molecule has 0 aliphatic heterocycles. The highest BCUT2D eigenvalue weighted by molar-refractivity contribution is 4.82. The van der Waals surface area contributed by atoms with Crippen LogP contribution in [0, 0.1) is 5.41 Å². The van der Waals surface area contributed by atoms with Gasteiger partial charge in [-0.1, -0.05) is 32.6 Å². The summed E-state index contributed by atoms with van der Waals surface area (Å²) in [6, 6.07) is 2.48. The molecule has 1 aliphatic rings. The van der Waals surface area contributed by atoms with Gasteiger partial charge in [-0.05, 0) is 31.2 Å². The molecule has 3 heteroatoms. The van der Waals surface area contributed by atoms with E-state index >= 15 is 0 Å². The molecule has 1 fully saturated rings. The van der Waals surface area contributed by atoms with Crippen LogP contribution < -0.4 is 5.32 Å². The Morgan fingerprint density at radius 1 is 1.28 bits per heavy atom. The van der Waals surface area contributed by atoms with E-state index in [-0.39, 0.29) is 0 Å². The lowest BCUT2D eigenvalue weighted by atomic mass is 9.82. The van der Waals surface area contributed by atoms with Crippen molar-refractivity contribution >= 4 is 0 Å². The third-order valence-electron chi connectivity index (χ3n) is 4.21. The van der Waals surface area contributed by atoms with Gasteiger partial charge in [0.2, 0.25) is 0 Å². The molecule has 102 valence electrons. The van der Waals surface area contributed by atoms with Crippen molar-refractivity contribution in [2.45, 2.75) is 65.0 Å². The molecule has 0 radical (unpaired) electrons. The highest BCUT2D eigenvalue weighted by Gasteiger charge is 2.25. The van der Waals surface area contributed by atoms with Crippen LogP contribution in [0.3, 0.4) is 0 Å². The normalized spacial score (nSPS) is 21.4. The van der Waals surface area contributed by atoms with E-state index in [0.717, 1.165) is 13.1 Å². The Balaban J connectivity index is 1.75. The average molecular weight is 249 g/mol. The van der Waals surface area contributed by atoms with Crippen LogP contribution in [0.1, 0.15) is 52.4 Å². The highest BCUT2D eigenvalue weighted by Crippen LogP contribution is 2.33. The fourth-order valence-corrected chi connectivity index (χ4v) is 2.93. The van der Waals surface area contributed by atoms with E-state index in [1.807, 2.05) is 23.1 Å². The van der Waals surface area contributed by atoms with Crippen LogP contribution in [0.5, 0.6) is 0 Å². The van der Waals surface area contributed by atoms with Crippen molar-refractivity contribution in [3.63, 3.8) is 0 Å². The summed E-state index contributed by atoms with van der Waals surface area (Å²) in [5.74, 6) is 0. The highest BCUT2D eigenvalue weighted by atomic mass is 15.3. The Bertz CT molecular complexity index is 324. The quantitative estimate of drug-likeness (QED) is 0.812. The average Bonchev–Trinajstić information content (AvgIpc) is 2.75. The van der Waals surface area contributed by atoms with Gasteiger partial charge in [0.25, 0.3) is 0 Å². The van der Waals surface area contributed by atoms with E-state index in [9.17, 15) is 0 Å². The fourth-order valence-electron chi connectivity index (χ4n) is 2.93. The predicted octanol–water partition coefficient (Wildman–Crippen LogP) is 3.22. The lowest BCUT2D eigenvalue weighted by molar-refractivity contribution is 0.247. The minimum Gasteiger partial charge on any atom is -0.312 e. The first kappa shape index (κ1) is 13.6. The maximum Gasteiger partial charge on any atom is 0.0559 e. The van der Waals surface area contributed by atoms with Gasteiger partial charge in [0.05, 0.1) is 6.54 Å². The van der Waals surface area contributed by atoms with Crippen molar-refractivity contribution in [1.29, 1.82) is 0 Å². The van der Waals surface area contributed by atoms with Crippen LogP contribution in [0.4, 0.5) is 0 Å². The van der Waals surface area contributed by atoms with Gasteiger partial charge in [0, 0.05) is 25.0 Å². The van der Waals surface area contributed by atoms with Crippen LogP contribution in [0.2, 0.25) is 0 Å². The minimum atomic E-state index is 0.491. The Morgan fingerprint density at radius 2 is 2.00 bits per heavy atom. The summed E-state index contributed by atoms with van der Waals surface area (Å²) in [6.07, 6.45) is 12.3. The molecule has 0 spiro atoms. The zero-order valence-corrected chi connectivity index (χ0v) is 11.9. The van der Waals surface area contributed by atoms with E-state index in [2.05, 4.69) is 24.3 Å². The van der Waals surface area contributed by atoms with Gasteiger partial charge in [-0.2, -0.15) is 5.10 Å². The van der Waals surface area contributed by atoms with Crippen LogP contribution in [-0.4, -0.2) is 22.4 Å². The summed E-state index contributed by atoms with van der Waals surface area (Å²) in [5.41, 5.74) is 0.509. The molecule has 0 unspecified atom stereocenters. The third kappa shape index (κ3) is 4.13. The number of nitrogens with zero attached hydrogens (tertiary/aromatic N) is 2. The molecule has 0 aromatic carbocycles. The number of rotatable bonds is 5. The van der Waals surface area contributed by atoms with Crippen LogP contribution in [-0.2, 0) is 6.54 Å². The third-order valence-corrected chi connectivity index (χ3v) is 4.21. The summed E-state index contributed by atoms with van der Waals surface area (Å²) in [6.45, 7) is 6.81. The molecule has 1 aromatic heterocycles. The second-order valence-corrected chi connectivity index (χ2v) is 6.23. The van der Waals surface area contributed by atoms with Gasteiger partial charge in [-0.15, -0.1) is 0 Å². The zero-order chi connectivity index (χ0) is 12.8. The minimum absolute atomic E-state index is 0.491. The molecule has 1 saturated carbocycles. The van der Waals surface area contributed by atoms with Gasteiger partial charge in [0.1, 0.15) is 0 Å². The van der Waals surface area contributed by atoms with Gasteiger partial charge in [-0.25, -0.2) is 0 Å². The zero-order valence-electron chi connectivity index (χ0n) is 11.9. The first-order valence-electron chi connectivity index (χ1n) is 7.39. The molecule has 2 rings (SSSR count). The maximum atomic E-state index is 4.26. The van der Waals surface area contributed by atoms with E-state index < -0.39 is 0 Å². The molecule has 0 saturated heterocycles. The Hall–Kier alpha value is -0.830. The second kappa shape index (κ2) is 6.37. The topological polar surface area (TPSA) is 29.9 Å². The van der Waals surface area contributed by atoms with Crippen molar-refractivity contribution in [2.75, 3.05) is 6.54 Å². The van der Waals surface area contributed by atoms with Crippen LogP contribution >= 0.6 is 0 Å². The first-order chi connectivity index (χ1) is 8.68. The standard InChI is InChI=1S/C15H27N3/c1-14(12-18-11-7-10-17-18)16-13-15(2)8-5-3-4-6-9-15/h7,10-11,14,16H,3-6,8-9,12-13H2,1-2H3/t14-/m0/s1. The Labute approximate surface area is 111 Å². The molecule has 3 nitrogen and oxygen atoms in total. The van der Waals surface area contributed by atoms with E-state index in [4.69, 9.17) is 0 Å². The molecular formula is C15H27N3.